The van der Waals surface area contributed by atoms with E-state index in [0.29, 0.717) is 42.8 Å². The largest absolute Gasteiger partial charge is 0.450 e. The quantitative estimate of drug-likeness (QED) is 0.342. The first-order valence-corrected chi connectivity index (χ1v) is 13.1. The molecular formula is C28H30FN7O4. The molecule has 1 aromatic carbocycles. The van der Waals surface area contributed by atoms with Gasteiger partial charge in [0, 0.05) is 56.2 Å². The molecule has 1 aliphatic heterocycles. The summed E-state index contributed by atoms with van der Waals surface area (Å²) in [6, 6.07) is 10.5. The molecule has 1 fully saturated rings. The van der Waals surface area contributed by atoms with E-state index in [2.05, 4.69) is 30.2 Å². The lowest BCUT2D eigenvalue weighted by atomic mass is 10.0. The SMILES string of the molecule is CCOC(=O)Nc1nc2c(-c3ncccc3F)cc(-c3ccc(CN4CCN(C(=O)OCC)CC4)nc3)cc2[nH]1. The number of carbonyl (C=O) groups is 2. The molecule has 0 unspecified atom stereocenters. The van der Waals surface area contributed by atoms with Gasteiger partial charge in [-0.05, 0) is 49.7 Å². The lowest BCUT2D eigenvalue weighted by Crippen LogP contribution is -2.48. The number of benzene rings is 1. The molecule has 0 radical (unpaired) electrons. The van der Waals surface area contributed by atoms with Crippen molar-refractivity contribution in [1.82, 2.24) is 29.7 Å². The number of H-pyrrole nitrogens is 1. The number of amides is 2. The van der Waals surface area contributed by atoms with Crippen molar-refractivity contribution in [3.63, 3.8) is 0 Å². The Morgan fingerprint density at radius 3 is 2.52 bits per heavy atom. The number of hydrogen-bond donors (Lipinski definition) is 2. The van der Waals surface area contributed by atoms with Crippen LogP contribution in [0.1, 0.15) is 19.5 Å². The molecule has 1 saturated heterocycles. The predicted octanol–water partition coefficient (Wildman–Crippen LogP) is 4.67. The van der Waals surface area contributed by atoms with E-state index in [4.69, 9.17) is 9.47 Å². The lowest BCUT2D eigenvalue weighted by Gasteiger charge is -2.33. The molecule has 1 aliphatic rings. The van der Waals surface area contributed by atoms with Crippen molar-refractivity contribution in [3.05, 3.63) is 60.3 Å². The molecule has 208 valence electrons. The second-order valence-electron chi connectivity index (χ2n) is 9.19. The van der Waals surface area contributed by atoms with E-state index in [-0.39, 0.29) is 24.3 Å². The van der Waals surface area contributed by atoms with Crippen molar-refractivity contribution in [2.45, 2.75) is 20.4 Å². The topological polar surface area (TPSA) is 126 Å². The average molecular weight is 548 g/mol. The summed E-state index contributed by atoms with van der Waals surface area (Å²) in [6.07, 6.45) is 2.38. The van der Waals surface area contributed by atoms with Crippen molar-refractivity contribution in [2.24, 2.45) is 0 Å². The highest BCUT2D eigenvalue weighted by Crippen LogP contribution is 2.34. The third-order valence-electron chi connectivity index (χ3n) is 6.54. The Bertz CT molecular complexity index is 1500. The van der Waals surface area contributed by atoms with Gasteiger partial charge in [0.05, 0.1) is 24.4 Å². The molecule has 0 spiro atoms. The number of halogens is 1. The Hall–Kier alpha value is -4.58. The van der Waals surface area contributed by atoms with Crippen LogP contribution in [0.5, 0.6) is 0 Å². The van der Waals surface area contributed by atoms with Crippen molar-refractivity contribution in [3.8, 4) is 22.4 Å². The fourth-order valence-corrected chi connectivity index (χ4v) is 4.59. The molecule has 0 atom stereocenters. The maximum Gasteiger partial charge on any atom is 0.413 e. The number of carbonyl (C=O) groups excluding carboxylic acids is 2. The number of anilines is 1. The van der Waals surface area contributed by atoms with Gasteiger partial charge < -0.3 is 19.4 Å². The van der Waals surface area contributed by atoms with Crippen molar-refractivity contribution >= 4 is 29.2 Å². The number of fused-ring (bicyclic) bond motifs is 1. The van der Waals surface area contributed by atoms with Crippen LogP contribution in [0.25, 0.3) is 33.4 Å². The van der Waals surface area contributed by atoms with E-state index in [1.165, 1.54) is 18.3 Å². The molecule has 0 aliphatic carbocycles. The summed E-state index contributed by atoms with van der Waals surface area (Å²) in [5.41, 5.74) is 4.17. The summed E-state index contributed by atoms with van der Waals surface area (Å²) >= 11 is 0. The van der Waals surface area contributed by atoms with Crippen LogP contribution in [0.15, 0.2) is 48.8 Å². The number of imidazole rings is 1. The molecule has 5 rings (SSSR count). The zero-order valence-corrected chi connectivity index (χ0v) is 22.3. The molecule has 4 heterocycles. The summed E-state index contributed by atoms with van der Waals surface area (Å²) in [5, 5.41) is 2.56. The molecule has 3 aromatic heterocycles. The van der Waals surface area contributed by atoms with Crippen LogP contribution in [-0.2, 0) is 16.0 Å². The first-order valence-electron chi connectivity index (χ1n) is 13.1. The third kappa shape index (κ3) is 6.01. The molecular weight excluding hydrogens is 517 g/mol. The summed E-state index contributed by atoms with van der Waals surface area (Å²) < 4.78 is 24.8. The van der Waals surface area contributed by atoms with E-state index < -0.39 is 11.9 Å². The summed E-state index contributed by atoms with van der Waals surface area (Å²) in [4.78, 5) is 44.3. The van der Waals surface area contributed by atoms with Gasteiger partial charge in [0.15, 0.2) is 0 Å². The Balaban J connectivity index is 1.38. The van der Waals surface area contributed by atoms with Gasteiger partial charge in [-0.3, -0.25) is 20.2 Å². The molecule has 40 heavy (non-hydrogen) atoms. The maximum atomic E-state index is 14.8. The van der Waals surface area contributed by atoms with E-state index in [1.807, 2.05) is 24.3 Å². The van der Waals surface area contributed by atoms with Crippen molar-refractivity contribution in [1.29, 1.82) is 0 Å². The number of piperazine rings is 1. The van der Waals surface area contributed by atoms with E-state index >= 15 is 0 Å². The molecule has 11 nitrogen and oxygen atoms in total. The highest BCUT2D eigenvalue weighted by molar-refractivity contribution is 5.97. The monoisotopic (exact) mass is 547 g/mol. The zero-order valence-electron chi connectivity index (χ0n) is 22.3. The number of rotatable bonds is 7. The molecule has 2 amide bonds. The molecule has 2 N–H and O–H groups in total. The van der Waals surface area contributed by atoms with Crippen LogP contribution >= 0.6 is 0 Å². The number of ether oxygens (including phenoxy) is 2. The normalized spacial score (nSPS) is 13.8. The van der Waals surface area contributed by atoms with Gasteiger partial charge in [0.1, 0.15) is 17.0 Å². The maximum absolute atomic E-state index is 14.8. The molecule has 0 bridgehead atoms. The molecule has 12 heteroatoms. The van der Waals surface area contributed by atoms with Gasteiger partial charge in [-0.15, -0.1) is 0 Å². The second kappa shape index (κ2) is 12.1. The number of nitrogens with zero attached hydrogens (tertiary/aromatic N) is 5. The highest BCUT2D eigenvalue weighted by Gasteiger charge is 2.22. The summed E-state index contributed by atoms with van der Waals surface area (Å²) in [5.74, 6) is -0.305. The molecule has 4 aromatic rings. The van der Waals surface area contributed by atoms with Crippen LogP contribution in [0.2, 0.25) is 0 Å². The Kier molecular flexibility index (Phi) is 8.15. The van der Waals surface area contributed by atoms with Gasteiger partial charge in [0.2, 0.25) is 5.95 Å². The standard InChI is InChI=1S/C28H30FN7O4/c1-3-39-27(37)34-26-32-23-15-19(14-21(25(23)33-26)24-22(29)6-5-9-30-24)18-7-8-20(31-16-18)17-35-10-12-36(13-11-35)28(38)40-4-2/h5-9,14-16H,3-4,10-13,17H2,1-2H3,(H2,32,33,34,37). The van der Waals surface area contributed by atoms with Crippen molar-refractivity contribution in [2.75, 3.05) is 44.7 Å². The van der Waals surface area contributed by atoms with Crippen LogP contribution in [0.3, 0.4) is 0 Å². The van der Waals surface area contributed by atoms with E-state index in [0.717, 1.165) is 29.9 Å². The number of aromatic nitrogens is 4. The van der Waals surface area contributed by atoms with Crippen molar-refractivity contribution < 1.29 is 23.5 Å². The van der Waals surface area contributed by atoms with Gasteiger partial charge in [-0.2, -0.15) is 0 Å². The van der Waals surface area contributed by atoms with Crippen LogP contribution < -0.4 is 5.32 Å². The first kappa shape index (κ1) is 27.0. The summed E-state index contributed by atoms with van der Waals surface area (Å²) in [7, 11) is 0. The number of nitrogens with one attached hydrogen (secondary N) is 2. The van der Waals surface area contributed by atoms with Gasteiger partial charge >= 0.3 is 12.2 Å². The fraction of sp³-hybridized carbons (Fsp3) is 0.321. The average Bonchev–Trinajstić information content (AvgIpc) is 3.36. The number of aromatic amines is 1. The minimum Gasteiger partial charge on any atom is -0.450 e. The van der Waals surface area contributed by atoms with Gasteiger partial charge in [-0.1, -0.05) is 6.07 Å². The summed E-state index contributed by atoms with van der Waals surface area (Å²) in [6.45, 7) is 7.44. The minimum absolute atomic E-state index is 0.148. The first-order chi connectivity index (χ1) is 19.4. The minimum atomic E-state index is -0.644. The van der Waals surface area contributed by atoms with E-state index in [1.54, 1.807) is 24.9 Å². The third-order valence-corrected chi connectivity index (χ3v) is 6.54. The zero-order chi connectivity index (χ0) is 28.1. The van der Waals surface area contributed by atoms with Crippen LogP contribution in [0, 0.1) is 5.82 Å². The number of pyridine rings is 2. The van der Waals surface area contributed by atoms with Crippen LogP contribution in [-0.4, -0.2) is 81.3 Å². The Morgan fingerprint density at radius 1 is 1.02 bits per heavy atom. The molecule has 0 saturated carbocycles. The predicted molar refractivity (Wildman–Crippen MR) is 147 cm³/mol. The Labute approximate surface area is 230 Å². The van der Waals surface area contributed by atoms with Crippen LogP contribution in [0.4, 0.5) is 19.9 Å². The highest BCUT2D eigenvalue weighted by atomic mass is 19.1. The fourth-order valence-electron chi connectivity index (χ4n) is 4.59. The Morgan fingerprint density at radius 2 is 1.82 bits per heavy atom. The smallest absolute Gasteiger partial charge is 0.413 e. The second-order valence-corrected chi connectivity index (χ2v) is 9.19. The number of hydrogen-bond acceptors (Lipinski definition) is 8. The van der Waals surface area contributed by atoms with Gasteiger partial charge in [0.25, 0.3) is 0 Å². The van der Waals surface area contributed by atoms with Gasteiger partial charge in [-0.25, -0.2) is 19.0 Å². The van der Waals surface area contributed by atoms with E-state index in [9.17, 15) is 14.0 Å². The lowest BCUT2D eigenvalue weighted by molar-refractivity contribution is 0.0775.